The Kier molecular flexibility index (Phi) is 5.63. The summed E-state index contributed by atoms with van der Waals surface area (Å²) in [5, 5.41) is 2.99. The molecule has 0 aromatic carbocycles. The van der Waals surface area contributed by atoms with Crippen molar-refractivity contribution in [3.63, 3.8) is 0 Å². The van der Waals surface area contributed by atoms with Gasteiger partial charge in [0.05, 0.1) is 12.2 Å². The highest BCUT2D eigenvalue weighted by molar-refractivity contribution is 5.76. The van der Waals surface area contributed by atoms with Crippen LogP contribution in [-0.4, -0.2) is 35.9 Å². The van der Waals surface area contributed by atoms with Gasteiger partial charge < -0.3 is 10.2 Å². The van der Waals surface area contributed by atoms with Crippen LogP contribution in [0.5, 0.6) is 0 Å². The lowest BCUT2D eigenvalue weighted by Crippen LogP contribution is -2.32. The molecular formula is C13H21N3O. The zero-order chi connectivity index (χ0) is 12.7. The fourth-order valence-corrected chi connectivity index (χ4v) is 1.65. The number of aryl methyl sites for hydroxylation is 1. The SMILES string of the molecule is CCN(Cc1cccc(C)n1)C(=O)CCNC. The molecule has 0 fully saturated rings. The fraction of sp³-hybridized carbons (Fsp3) is 0.538. The molecule has 4 nitrogen and oxygen atoms in total. The van der Waals surface area contributed by atoms with E-state index in [0.29, 0.717) is 13.0 Å². The third-order valence-corrected chi connectivity index (χ3v) is 2.62. The first-order valence-electron chi connectivity index (χ1n) is 6.02. The summed E-state index contributed by atoms with van der Waals surface area (Å²) in [6.07, 6.45) is 0.538. The van der Waals surface area contributed by atoms with E-state index >= 15 is 0 Å². The smallest absolute Gasteiger partial charge is 0.224 e. The van der Waals surface area contributed by atoms with Gasteiger partial charge in [-0.1, -0.05) is 6.07 Å². The van der Waals surface area contributed by atoms with Gasteiger partial charge in [-0.25, -0.2) is 0 Å². The first kappa shape index (κ1) is 13.6. The molecule has 1 amide bonds. The standard InChI is InChI=1S/C13H21N3O/c1-4-16(13(17)8-9-14-3)10-12-7-5-6-11(2)15-12/h5-7,14H,4,8-10H2,1-3H3. The predicted octanol–water partition coefficient (Wildman–Crippen LogP) is 1.35. The van der Waals surface area contributed by atoms with E-state index in [1.54, 1.807) is 0 Å². The van der Waals surface area contributed by atoms with Gasteiger partial charge in [0.25, 0.3) is 0 Å². The Morgan fingerprint density at radius 2 is 2.24 bits per heavy atom. The second kappa shape index (κ2) is 7.01. The second-order valence-corrected chi connectivity index (χ2v) is 4.03. The van der Waals surface area contributed by atoms with E-state index < -0.39 is 0 Å². The van der Waals surface area contributed by atoms with Gasteiger partial charge in [0.2, 0.25) is 5.91 Å². The number of amides is 1. The maximum absolute atomic E-state index is 11.9. The summed E-state index contributed by atoms with van der Waals surface area (Å²) < 4.78 is 0. The van der Waals surface area contributed by atoms with E-state index in [4.69, 9.17) is 0 Å². The van der Waals surface area contributed by atoms with Crippen molar-refractivity contribution in [3.8, 4) is 0 Å². The minimum Gasteiger partial charge on any atom is -0.337 e. The molecule has 0 radical (unpaired) electrons. The van der Waals surface area contributed by atoms with Crippen LogP contribution < -0.4 is 5.32 Å². The van der Waals surface area contributed by atoms with Gasteiger partial charge in [0.1, 0.15) is 0 Å². The normalized spacial score (nSPS) is 10.3. The number of carbonyl (C=O) groups is 1. The number of hydrogen-bond donors (Lipinski definition) is 1. The summed E-state index contributed by atoms with van der Waals surface area (Å²) in [7, 11) is 1.85. The number of rotatable bonds is 6. The van der Waals surface area contributed by atoms with E-state index in [-0.39, 0.29) is 5.91 Å². The lowest BCUT2D eigenvalue weighted by molar-refractivity contribution is -0.131. The Balaban J connectivity index is 2.60. The monoisotopic (exact) mass is 235 g/mol. The molecule has 1 heterocycles. The highest BCUT2D eigenvalue weighted by Gasteiger charge is 2.11. The lowest BCUT2D eigenvalue weighted by Gasteiger charge is -2.20. The average Bonchev–Trinajstić information content (AvgIpc) is 2.33. The van der Waals surface area contributed by atoms with Crippen LogP contribution >= 0.6 is 0 Å². The molecule has 94 valence electrons. The van der Waals surface area contributed by atoms with Crippen molar-refractivity contribution in [2.24, 2.45) is 0 Å². The lowest BCUT2D eigenvalue weighted by atomic mass is 10.2. The van der Waals surface area contributed by atoms with Gasteiger partial charge in [-0.15, -0.1) is 0 Å². The third kappa shape index (κ3) is 4.53. The number of nitrogens with one attached hydrogen (secondary N) is 1. The van der Waals surface area contributed by atoms with Crippen molar-refractivity contribution in [3.05, 3.63) is 29.6 Å². The van der Waals surface area contributed by atoms with Crippen LogP contribution in [-0.2, 0) is 11.3 Å². The number of pyridine rings is 1. The first-order valence-corrected chi connectivity index (χ1v) is 6.02. The Morgan fingerprint density at radius 1 is 1.47 bits per heavy atom. The zero-order valence-corrected chi connectivity index (χ0v) is 10.9. The van der Waals surface area contributed by atoms with E-state index in [9.17, 15) is 4.79 Å². The van der Waals surface area contributed by atoms with Crippen LogP contribution in [0.2, 0.25) is 0 Å². The molecule has 0 spiro atoms. The zero-order valence-electron chi connectivity index (χ0n) is 10.9. The number of carbonyl (C=O) groups excluding carboxylic acids is 1. The molecule has 1 N–H and O–H groups in total. The second-order valence-electron chi connectivity index (χ2n) is 4.03. The topological polar surface area (TPSA) is 45.2 Å². The summed E-state index contributed by atoms with van der Waals surface area (Å²) in [6, 6.07) is 5.90. The van der Waals surface area contributed by atoms with Gasteiger partial charge in [-0.2, -0.15) is 0 Å². The molecule has 0 aliphatic carbocycles. The Morgan fingerprint density at radius 3 is 2.82 bits per heavy atom. The third-order valence-electron chi connectivity index (χ3n) is 2.62. The van der Waals surface area contributed by atoms with Gasteiger partial charge >= 0.3 is 0 Å². The maximum Gasteiger partial charge on any atom is 0.224 e. The van der Waals surface area contributed by atoms with E-state index in [1.807, 2.05) is 44.0 Å². The molecule has 0 aliphatic rings. The summed E-state index contributed by atoms with van der Waals surface area (Å²) in [4.78, 5) is 18.1. The fourth-order valence-electron chi connectivity index (χ4n) is 1.65. The van der Waals surface area contributed by atoms with Gasteiger partial charge in [0, 0.05) is 25.2 Å². The Labute approximate surface area is 103 Å². The number of hydrogen-bond acceptors (Lipinski definition) is 3. The molecule has 0 unspecified atom stereocenters. The van der Waals surface area contributed by atoms with Crippen LogP contribution in [0.1, 0.15) is 24.7 Å². The van der Waals surface area contributed by atoms with Crippen LogP contribution in [0.3, 0.4) is 0 Å². The van der Waals surface area contributed by atoms with Crippen LogP contribution in [0.25, 0.3) is 0 Å². The minimum atomic E-state index is 0.171. The van der Waals surface area contributed by atoms with Gasteiger partial charge in [-0.3, -0.25) is 9.78 Å². The van der Waals surface area contributed by atoms with Crippen LogP contribution in [0, 0.1) is 6.92 Å². The Bertz CT molecular complexity index is 365. The number of nitrogens with zero attached hydrogens (tertiary/aromatic N) is 2. The van der Waals surface area contributed by atoms with Crippen molar-refractivity contribution in [1.29, 1.82) is 0 Å². The first-order chi connectivity index (χ1) is 8.17. The summed E-state index contributed by atoms with van der Waals surface area (Å²) in [5.74, 6) is 0.171. The summed E-state index contributed by atoms with van der Waals surface area (Å²) >= 11 is 0. The number of aromatic nitrogens is 1. The van der Waals surface area contributed by atoms with Crippen molar-refractivity contribution < 1.29 is 4.79 Å². The molecule has 0 saturated carbocycles. The molecule has 0 aliphatic heterocycles. The average molecular weight is 235 g/mol. The molecule has 1 aromatic heterocycles. The highest BCUT2D eigenvalue weighted by atomic mass is 16.2. The summed E-state index contributed by atoms with van der Waals surface area (Å²) in [6.45, 7) is 5.99. The quantitative estimate of drug-likeness (QED) is 0.809. The van der Waals surface area contributed by atoms with E-state index in [0.717, 1.165) is 24.5 Å². The largest absolute Gasteiger partial charge is 0.337 e. The van der Waals surface area contributed by atoms with Gasteiger partial charge in [-0.05, 0) is 33.0 Å². The Hall–Kier alpha value is -1.42. The van der Waals surface area contributed by atoms with E-state index in [1.165, 1.54) is 0 Å². The summed E-state index contributed by atoms with van der Waals surface area (Å²) in [5.41, 5.74) is 1.94. The molecule has 1 rings (SSSR count). The van der Waals surface area contributed by atoms with Gasteiger partial charge in [0.15, 0.2) is 0 Å². The highest BCUT2D eigenvalue weighted by Crippen LogP contribution is 2.04. The van der Waals surface area contributed by atoms with Crippen molar-refractivity contribution in [2.75, 3.05) is 20.1 Å². The van der Waals surface area contributed by atoms with Crippen molar-refractivity contribution >= 4 is 5.91 Å². The van der Waals surface area contributed by atoms with E-state index in [2.05, 4.69) is 10.3 Å². The molecule has 17 heavy (non-hydrogen) atoms. The van der Waals surface area contributed by atoms with Crippen molar-refractivity contribution in [2.45, 2.75) is 26.8 Å². The van der Waals surface area contributed by atoms with Crippen molar-refractivity contribution in [1.82, 2.24) is 15.2 Å². The van der Waals surface area contributed by atoms with Crippen LogP contribution in [0.15, 0.2) is 18.2 Å². The van der Waals surface area contributed by atoms with Crippen LogP contribution in [0.4, 0.5) is 0 Å². The molecule has 1 aromatic rings. The maximum atomic E-state index is 11.9. The predicted molar refractivity (Wildman–Crippen MR) is 68.6 cm³/mol. The molecular weight excluding hydrogens is 214 g/mol. The molecule has 0 atom stereocenters. The minimum absolute atomic E-state index is 0.171. The molecule has 0 bridgehead atoms. The molecule has 0 saturated heterocycles. The molecule has 4 heteroatoms.